The summed E-state index contributed by atoms with van der Waals surface area (Å²) in [4.78, 5) is 26.3. The first kappa shape index (κ1) is 16.7. The zero-order valence-corrected chi connectivity index (χ0v) is 15.4. The van der Waals surface area contributed by atoms with Crippen molar-refractivity contribution in [3.05, 3.63) is 59.6 Å². The number of likely N-dealkylation sites (N-methyl/N-ethyl adjacent to an activating group) is 1. The second kappa shape index (κ2) is 6.02. The first-order valence-electron chi connectivity index (χ1n) is 9.01. The van der Waals surface area contributed by atoms with Crippen LogP contribution in [-0.2, 0) is 0 Å². The molecule has 5 rings (SSSR count). The van der Waals surface area contributed by atoms with Gasteiger partial charge in [0, 0.05) is 31.1 Å². The second-order valence-corrected chi connectivity index (χ2v) is 6.93. The molecule has 2 aromatic carbocycles. The fourth-order valence-electron chi connectivity index (χ4n) is 3.60. The molecule has 4 aromatic rings. The lowest BCUT2D eigenvalue weighted by molar-refractivity contribution is 0.0960. The summed E-state index contributed by atoms with van der Waals surface area (Å²) in [6.07, 6.45) is 0. The number of carbonyl (C=O) groups excluding carboxylic acids is 1. The van der Waals surface area contributed by atoms with Crippen molar-refractivity contribution in [3.8, 4) is 0 Å². The summed E-state index contributed by atoms with van der Waals surface area (Å²) in [7, 11) is 1.93. The van der Waals surface area contributed by atoms with Crippen molar-refractivity contribution in [3.63, 3.8) is 0 Å². The number of furan rings is 1. The molecule has 1 amide bonds. The van der Waals surface area contributed by atoms with Crippen molar-refractivity contribution in [2.75, 3.05) is 29.9 Å². The van der Waals surface area contributed by atoms with E-state index in [-0.39, 0.29) is 17.5 Å². The Morgan fingerprint density at radius 3 is 2.54 bits per heavy atom. The number of anilines is 2. The minimum atomic E-state index is -0.363. The molecule has 7 heteroatoms. The third-order valence-electron chi connectivity index (χ3n) is 5.15. The van der Waals surface area contributed by atoms with E-state index < -0.39 is 0 Å². The number of benzene rings is 2. The number of halogens is 1. The molecule has 140 valence electrons. The number of aryl methyl sites for hydroxylation is 1. The largest absolute Gasteiger partial charge is 0.451 e. The van der Waals surface area contributed by atoms with Crippen LogP contribution in [0.1, 0.15) is 16.1 Å². The van der Waals surface area contributed by atoms with Gasteiger partial charge in [0.25, 0.3) is 5.91 Å². The van der Waals surface area contributed by atoms with Gasteiger partial charge in [-0.05, 0) is 37.3 Å². The van der Waals surface area contributed by atoms with Crippen molar-refractivity contribution < 1.29 is 13.6 Å². The number of carbonyl (C=O) groups is 1. The monoisotopic (exact) mass is 376 g/mol. The predicted octanol–water partition coefficient (Wildman–Crippen LogP) is 3.92. The Hall–Kier alpha value is -3.48. The summed E-state index contributed by atoms with van der Waals surface area (Å²) in [6, 6.07) is 11.8. The standard InChI is InChI=1S/C21H17FN4O2/c1-12-14-11-13(22)7-8-17(14)28-18(12)21(27)26-10-9-25(2)19-20(26)24-16-6-4-3-5-15(16)23-19/h3-8,11H,9-10H2,1-2H3. The highest BCUT2D eigenvalue weighted by molar-refractivity contribution is 6.09. The highest BCUT2D eigenvalue weighted by Gasteiger charge is 2.32. The van der Waals surface area contributed by atoms with E-state index in [0.717, 1.165) is 11.0 Å². The van der Waals surface area contributed by atoms with Crippen LogP contribution in [0.5, 0.6) is 0 Å². The molecule has 3 heterocycles. The van der Waals surface area contributed by atoms with E-state index in [9.17, 15) is 9.18 Å². The number of hydrogen-bond acceptors (Lipinski definition) is 5. The lowest BCUT2D eigenvalue weighted by Crippen LogP contribution is -2.43. The lowest BCUT2D eigenvalue weighted by atomic mass is 10.1. The van der Waals surface area contributed by atoms with E-state index >= 15 is 0 Å². The molecule has 0 fully saturated rings. The smallest absolute Gasteiger partial charge is 0.295 e. The average molecular weight is 376 g/mol. The van der Waals surface area contributed by atoms with Crippen LogP contribution in [0.25, 0.3) is 22.0 Å². The first-order chi connectivity index (χ1) is 13.5. The molecule has 0 saturated heterocycles. The van der Waals surface area contributed by atoms with Gasteiger partial charge in [-0.15, -0.1) is 0 Å². The zero-order valence-electron chi connectivity index (χ0n) is 15.4. The molecular weight excluding hydrogens is 359 g/mol. The van der Waals surface area contributed by atoms with Crippen molar-refractivity contribution in [1.82, 2.24) is 9.97 Å². The summed E-state index contributed by atoms with van der Waals surface area (Å²) in [5.74, 6) is 0.693. The van der Waals surface area contributed by atoms with E-state index in [2.05, 4.69) is 4.98 Å². The van der Waals surface area contributed by atoms with Crippen molar-refractivity contribution >= 4 is 39.5 Å². The summed E-state index contributed by atoms with van der Waals surface area (Å²) < 4.78 is 19.4. The molecule has 0 bridgehead atoms. The van der Waals surface area contributed by atoms with Gasteiger partial charge < -0.3 is 9.32 Å². The van der Waals surface area contributed by atoms with Crippen molar-refractivity contribution in [2.24, 2.45) is 0 Å². The highest BCUT2D eigenvalue weighted by Crippen LogP contribution is 2.33. The summed E-state index contributed by atoms with van der Waals surface area (Å²) >= 11 is 0. The number of rotatable bonds is 1. The van der Waals surface area contributed by atoms with Crippen LogP contribution in [0.15, 0.2) is 46.9 Å². The number of fused-ring (bicyclic) bond motifs is 3. The molecule has 0 aliphatic carbocycles. The van der Waals surface area contributed by atoms with Gasteiger partial charge in [-0.25, -0.2) is 14.4 Å². The number of nitrogens with zero attached hydrogens (tertiary/aromatic N) is 4. The van der Waals surface area contributed by atoms with Gasteiger partial charge in [0.2, 0.25) is 0 Å². The maximum Gasteiger partial charge on any atom is 0.295 e. The fourth-order valence-corrected chi connectivity index (χ4v) is 3.60. The van der Waals surface area contributed by atoms with Gasteiger partial charge >= 0.3 is 0 Å². The molecule has 0 unspecified atom stereocenters. The van der Waals surface area contributed by atoms with Gasteiger partial charge in [0.1, 0.15) is 11.4 Å². The van der Waals surface area contributed by atoms with Crippen molar-refractivity contribution in [2.45, 2.75) is 6.92 Å². The first-order valence-corrected chi connectivity index (χ1v) is 9.01. The van der Waals surface area contributed by atoms with E-state index in [1.54, 1.807) is 17.9 Å². The Labute approximate surface area is 160 Å². The summed E-state index contributed by atoms with van der Waals surface area (Å²) in [5, 5.41) is 0.599. The average Bonchev–Trinajstić information content (AvgIpc) is 3.03. The number of amides is 1. The van der Waals surface area contributed by atoms with Crippen LogP contribution in [-0.4, -0.2) is 36.0 Å². The van der Waals surface area contributed by atoms with Gasteiger partial charge in [-0.2, -0.15) is 0 Å². The van der Waals surface area contributed by atoms with Crippen LogP contribution in [0.3, 0.4) is 0 Å². The zero-order chi connectivity index (χ0) is 19.4. The molecule has 0 atom stereocenters. The predicted molar refractivity (Wildman–Crippen MR) is 105 cm³/mol. The molecule has 0 radical (unpaired) electrons. The van der Waals surface area contributed by atoms with E-state index in [0.29, 0.717) is 41.3 Å². The minimum absolute atomic E-state index is 0.200. The van der Waals surface area contributed by atoms with Crippen LogP contribution in [0.4, 0.5) is 16.0 Å². The van der Waals surface area contributed by atoms with Gasteiger partial charge in [-0.3, -0.25) is 9.69 Å². The Kier molecular flexibility index (Phi) is 3.58. The van der Waals surface area contributed by atoms with Crippen LogP contribution in [0, 0.1) is 12.7 Å². The van der Waals surface area contributed by atoms with E-state index in [4.69, 9.17) is 9.40 Å². The highest BCUT2D eigenvalue weighted by atomic mass is 19.1. The van der Waals surface area contributed by atoms with Gasteiger partial charge in [0.05, 0.1) is 11.0 Å². The Bertz CT molecular complexity index is 1250. The number of aromatic nitrogens is 2. The van der Waals surface area contributed by atoms with Gasteiger partial charge in [-0.1, -0.05) is 12.1 Å². The third-order valence-corrected chi connectivity index (χ3v) is 5.15. The van der Waals surface area contributed by atoms with Crippen LogP contribution in [0.2, 0.25) is 0 Å². The third kappa shape index (κ3) is 2.43. The quantitative estimate of drug-likeness (QED) is 0.504. The normalized spacial score (nSPS) is 14.0. The van der Waals surface area contributed by atoms with E-state index in [1.807, 2.05) is 36.2 Å². The molecule has 6 nitrogen and oxygen atoms in total. The molecule has 28 heavy (non-hydrogen) atoms. The fraction of sp³-hybridized carbons (Fsp3) is 0.190. The molecule has 0 saturated carbocycles. The second-order valence-electron chi connectivity index (χ2n) is 6.93. The minimum Gasteiger partial charge on any atom is -0.451 e. The SMILES string of the molecule is Cc1c(C(=O)N2CCN(C)c3nc4ccccc4nc32)oc2ccc(F)cc12. The maximum absolute atomic E-state index is 13.6. The summed E-state index contributed by atoms with van der Waals surface area (Å²) in [5.41, 5.74) is 2.60. The number of para-hydroxylation sites is 2. The maximum atomic E-state index is 13.6. The van der Waals surface area contributed by atoms with Crippen LogP contribution < -0.4 is 9.80 Å². The molecule has 0 spiro atoms. The van der Waals surface area contributed by atoms with Crippen molar-refractivity contribution in [1.29, 1.82) is 0 Å². The Morgan fingerprint density at radius 1 is 1.07 bits per heavy atom. The molecule has 0 N–H and O–H groups in total. The van der Waals surface area contributed by atoms with Crippen LogP contribution >= 0.6 is 0 Å². The molecular formula is C21H17FN4O2. The topological polar surface area (TPSA) is 62.5 Å². The Balaban J connectivity index is 1.65. The molecule has 1 aliphatic heterocycles. The Morgan fingerprint density at radius 2 is 1.79 bits per heavy atom. The van der Waals surface area contributed by atoms with Gasteiger partial charge in [0.15, 0.2) is 17.4 Å². The summed E-state index contributed by atoms with van der Waals surface area (Å²) in [6.45, 7) is 2.85. The molecule has 1 aliphatic rings. The number of hydrogen-bond donors (Lipinski definition) is 0. The van der Waals surface area contributed by atoms with E-state index in [1.165, 1.54) is 12.1 Å². The molecule has 2 aromatic heterocycles. The lowest BCUT2D eigenvalue weighted by Gasteiger charge is -2.33.